The van der Waals surface area contributed by atoms with Crippen molar-refractivity contribution in [1.82, 2.24) is 25.4 Å². The van der Waals surface area contributed by atoms with Gasteiger partial charge in [-0.05, 0) is 24.8 Å². The number of rotatable bonds is 6. The minimum absolute atomic E-state index is 0.0373. The van der Waals surface area contributed by atoms with Crippen LogP contribution in [0.25, 0.3) is 0 Å². The first-order valence-electron chi connectivity index (χ1n) is 6.16. The van der Waals surface area contributed by atoms with Crippen LogP contribution in [0.4, 0.5) is 4.79 Å². The van der Waals surface area contributed by atoms with Crippen LogP contribution in [0.15, 0.2) is 30.2 Å². The number of thiophene rings is 1. The Morgan fingerprint density at radius 2 is 2.47 bits per heavy atom. The Morgan fingerprint density at radius 3 is 3.16 bits per heavy atom. The minimum atomic E-state index is -0.139. The third-order valence-corrected chi connectivity index (χ3v) is 3.69. The Morgan fingerprint density at radius 1 is 1.58 bits per heavy atom. The van der Waals surface area contributed by atoms with Gasteiger partial charge in [0.15, 0.2) is 0 Å². The van der Waals surface area contributed by atoms with Crippen LogP contribution in [-0.2, 0) is 6.54 Å². The predicted molar refractivity (Wildman–Crippen MR) is 73.9 cm³/mol. The number of carbonyl (C=O) groups excluding carboxylic acids is 1. The van der Waals surface area contributed by atoms with Crippen molar-refractivity contribution >= 4 is 17.4 Å². The van der Waals surface area contributed by atoms with Gasteiger partial charge in [0, 0.05) is 18.0 Å². The predicted octanol–water partition coefficient (Wildman–Crippen LogP) is 1.79. The molecule has 0 saturated heterocycles. The Hall–Kier alpha value is -1.89. The molecule has 6 nitrogen and oxygen atoms in total. The molecule has 2 rings (SSSR count). The van der Waals surface area contributed by atoms with E-state index in [1.807, 2.05) is 24.4 Å². The maximum absolute atomic E-state index is 11.7. The van der Waals surface area contributed by atoms with Gasteiger partial charge in [0.1, 0.15) is 12.7 Å². The topological polar surface area (TPSA) is 71.8 Å². The summed E-state index contributed by atoms with van der Waals surface area (Å²) in [5, 5.41) is 11.7. The van der Waals surface area contributed by atoms with Crippen LogP contribution >= 0.6 is 11.3 Å². The number of nitrogens with one attached hydrogen (secondary N) is 2. The zero-order chi connectivity index (χ0) is 13.5. The van der Waals surface area contributed by atoms with Crippen molar-refractivity contribution in [2.24, 2.45) is 0 Å². The fourth-order valence-electron chi connectivity index (χ4n) is 1.65. The van der Waals surface area contributed by atoms with E-state index in [0.29, 0.717) is 6.54 Å². The van der Waals surface area contributed by atoms with Crippen molar-refractivity contribution < 1.29 is 4.79 Å². The summed E-state index contributed by atoms with van der Waals surface area (Å²) in [6.45, 7) is 3.34. The van der Waals surface area contributed by atoms with Gasteiger partial charge in [-0.15, -0.1) is 11.3 Å². The Balaban J connectivity index is 1.62. The first-order valence-corrected chi connectivity index (χ1v) is 7.04. The number of aromatic nitrogens is 3. The van der Waals surface area contributed by atoms with Gasteiger partial charge in [0.2, 0.25) is 0 Å². The first kappa shape index (κ1) is 13.5. The summed E-state index contributed by atoms with van der Waals surface area (Å²) < 4.78 is 1.74. The van der Waals surface area contributed by atoms with Crippen molar-refractivity contribution in [3.05, 3.63) is 35.0 Å². The van der Waals surface area contributed by atoms with Gasteiger partial charge < -0.3 is 10.6 Å². The molecule has 0 aliphatic heterocycles. The normalized spacial score (nSPS) is 12.1. The standard InChI is InChI=1S/C12H17N5OS/c1-10(11-4-2-7-19-11)16-12(18)14-5-3-6-17-9-13-8-15-17/h2,4,7-10H,3,5-6H2,1H3,(H2,14,16,18). The van der Waals surface area contributed by atoms with E-state index >= 15 is 0 Å². The van der Waals surface area contributed by atoms with Crippen molar-refractivity contribution in [1.29, 1.82) is 0 Å². The molecule has 0 radical (unpaired) electrons. The maximum Gasteiger partial charge on any atom is 0.315 e. The SMILES string of the molecule is CC(NC(=O)NCCCn1cncn1)c1cccs1. The number of carbonyl (C=O) groups is 1. The Bertz CT molecular complexity index is 482. The molecule has 7 heteroatoms. The van der Waals surface area contributed by atoms with Gasteiger partial charge in [0.05, 0.1) is 6.04 Å². The average Bonchev–Trinajstić information content (AvgIpc) is 3.07. The molecular formula is C12H17N5OS. The Kier molecular flexibility index (Phi) is 4.91. The highest BCUT2D eigenvalue weighted by Gasteiger charge is 2.09. The van der Waals surface area contributed by atoms with Crippen LogP contribution in [0.3, 0.4) is 0 Å². The van der Waals surface area contributed by atoms with Crippen LogP contribution in [0.5, 0.6) is 0 Å². The number of hydrogen-bond acceptors (Lipinski definition) is 4. The molecule has 0 bridgehead atoms. The summed E-state index contributed by atoms with van der Waals surface area (Å²) in [5.74, 6) is 0. The Labute approximate surface area is 115 Å². The lowest BCUT2D eigenvalue weighted by Crippen LogP contribution is -2.37. The van der Waals surface area contributed by atoms with Crippen LogP contribution in [0, 0.1) is 0 Å². The zero-order valence-corrected chi connectivity index (χ0v) is 11.6. The highest BCUT2D eigenvalue weighted by Crippen LogP contribution is 2.17. The lowest BCUT2D eigenvalue weighted by atomic mass is 10.3. The second-order valence-electron chi connectivity index (χ2n) is 4.15. The molecule has 2 aromatic heterocycles. The zero-order valence-electron chi connectivity index (χ0n) is 10.7. The van der Waals surface area contributed by atoms with Crippen LogP contribution in [0.2, 0.25) is 0 Å². The summed E-state index contributed by atoms with van der Waals surface area (Å²) >= 11 is 1.64. The van der Waals surface area contributed by atoms with Gasteiger partial charge >= 0.3 is 6.03 Å². The molecule has 0 fully saturated rings. The fourth-order valence-corrected chi connectivity index (χ4v) is 2.38. The smallest absolute Gasteiger partial charge is 0.315 e. The van der Waals surface area contributed by atoms with E-state index in [2.05, 4.69) is 20.7 Å². The second kappa shape index (κ2) is 6.89. The lowest BCUT2D eigenvalue weighted by Gasteiger charge is -2.13. The van der Waals surface area contributed by atoms with E-state index in [4.69, 9.17) is 0 Å². The fraction of sp³-hybridized carbons (Fsp3) is 0.417. The molecule has 2 amide bonds. The van der Waals surface area contributed by atoms with Gasteiger partial charge in [-0.1, -0.05) is 6.07 Å². The van der Waals surface area contributed by atoms with Crippen LogP contribution in [0.1, 0.15) is 24.3 Å². The van der Waals surface area contributed by atoms with E-state index in [1.54, 1.807) is 22.3 Å². The molecule has 19 heavy (non-hydrogen) atoms. The van der Waals surface area contributed by atoms with E-state index < -0.39 is 0 Å². The second-order valence-corrected chi connectivity index (χ2v) is 5.13. The number of nitrogens with zero attached hydrogens (tertiary/aromatic N) is 3. The molecule has 0 aromatic carbocycles. The van der Waals surface area contributed by atoms with Crippen molar-refractivity contribution in [2.45, 2.75) is 25.9 Å². The summed E-state index contributed by atoms with van der Waals surface area (Å²) in [6.07, 6.45) is 3.99. The van der Waals surface area contributed by atoms with Crippen molar-refractivity contribution in [2.75, 3.05) is 6.54 Å². The molecule has 1 unspecified atom stereocenters. The number of amides is 2. The highest BCUT2D eigenvalue weighted by molar-refractivity contribution is 7.10. The van der Waals surface area contributed by atoms with E-state index in [1.165, 1.54) is 6.33 Å². The van der Waals surface area contributed by atoms with Crippen LogP contribution in [-0.4, -0.2) is 27.3 Å². The molecule has 2 N–H and O–H groups in total. The molecular weight excluding hydrogens is 262 g/mol. The molecule has 1 atom stereocenters. The number of hydrogen-bond donors (Lipinski definition) is 2. The van der Waals surface area contributed by atoms with Gasteiger partial charge in [-0.3, -0.25) is 4.68 Å². The van der Waals surface area contributed by atoms with E-state index in [-0.39, 0.29) is 12.1 Å². The molecule has 0 aliphatic rings. The largest absolute Gasteiger partial charge is 0.338 e. The third-order valence-electron chi connectivity index (χ3n) is 2.63. The third kappa shape index (κ3) is 4.36. The van der Waals surface area contributed by atoms with E-state index in [0.717, 1.165) is 17.8 Å². The number of urea groups is 1. The van der Waals surface area contributed by atoms with Gasteiger partial charge in [-0.25, -0.2) is 9.78 Å². The first-order chi connectivity index (χ1) is 9.25. The summed E-state index contributed by atoms with van der Waals surface area (Å²) in [6, 6.07) is 3.89. The highest BCUT2D eigenvalue weighted by atomic mass is 32.1. The molecule has 2 heterocycles. The monoisotopic (exact) mass is 279 g/mol. The molecule has 102 valence electrons. The van der Waals surface area contributed by atoms with Crippen LogP contribution < -0.4 is 10.6 Å². The molecule has 0 aliphatic carbocycles. The van der Waals surface area contributed by atoms with E-state index in [9.17, 15) is 4.79 Å². The average molecular weight is 279 g/mol. The maximum atomic E-state index is 11.7. The summed E-state index contributed by atoms with van der Waals surface area (Å²) in [7, 11) is 0. The van der Waals surface area contributed by atoms with Crippen molar-refractivity contribution in [3.8, 4) is 0 Å². The molecule has 2 aromatic rings. The quantitative estimate of drug-likeness (QED) is 0.792. The molecule has 0 saturated carbocycles. The minimum Gasteiger partial charge on any atom is -0.338 e. The van der Waals surface area contributed by atoms with Gasteiger partial charge in [0.25, 0.3) is 0 Å². The summed E-state index contributed by atoms with van der Waals surface area (Å²) in [5.41, 5.74) is 0. The van der Waals surface area contributed by atoms with Gasteiger partial charge in [-0.2, -0.15) is 5.10 Å². The lowest BCUT2D eigenvalue weighted by molar-refractivity contribution is 0.237. The van der Waals surface area contributed by atoms with Crippen molar-refractivity contribution in [3.63, 3.8) is 0 Å². The summed E-state index contributed by atoms with van der Waals surface area (Å²) in [4.78, 5) is 16.7. The molecule has 0 spiro atoms. The number of aryl methyl sites for hydroxylation is 1.